The molecule has 1 aromatic carbocycles. The number of aryl methyl sites for hydroxylation is 1. The first-order valence-corrected chi connectivity index (χ1v) is 11.9. The van der Waals surface area contributed by atoms with E-state index in [4.69, 9.17) is 0 Å². The second-order valence-corrected chi connectivity index (χ2v) is 8.87. The van der Waals surface area contributed by atoms with E-state index >= 15 is 0 Å². The Bertz CT molecular complexity index is 846. The normalized spacial score (nSPS) is 15.3. The van der Waals surface area contributed by atoms with E-state index in [-0.39, 0.29) is 23.6 Å². The topological polar surface area (TPSA) is 78.5 Å². The van der Waals surface area contributed by atoms with E-state index in [0.717, 1.165) is 18.4 Å². The highest BCUT2D eigenvalue weighted by Gasteiger charge is 2.33. The van der Waals surface area contributed by atoms with Crippen molar-refractivity contribution < 1.29 is 14.4 Å². The van der Waals surface area contributed by atoms with Gasteiger partial charge in [-0.25, -0.2) is 0 Å². The summed E-state index contributed by atoms with van der Waals surface area (Å²) in [6, 6.07) is 13.0. The summed E-state index contributed by atoms with van der Waals surface area (Å²) in [6.07, 6.45) is 3.46. The first-order valence-electron chi connectivity index (χ1n) is 11.0. The van der Waals surface area contributed by atoms with Gasteiger partial charge in [-0.05, 0) is 48.6 Å². The summed E-state index contributed by atoms with van der Waals surface area (Å²) in [5.74, 6) is -0.190. The van der Waals surface area contributed by atoms with E-state index in [1.54, 1.807) is 6.07 Å². The van der Waals surface area contributed by atoms with Crippen molar-refractivity contribution in [2.24, 2.45) is 5.92 Å². The van der Waals surface area contributed by atoms with Crippen LogP contribution in [0.4, 0.5) is 0 Å². The van der Waals surface area contributed by atoms with Crippen LogP contribution in [0.2, 0.25) is 0 Å². The second kappa shape index (κ2) is 11.6. The number of nitrogens with one attached hydrogen (secondary N) is 2. The number of thiophene rings is 1. The molecule has 2 aromatic rings. The maximum absolute atomic E-state index is 12.8. The third-order valence-electron chi connectivity index (χ3n) is 5.70. The molecule has 3 amide bonds. The molecule has 1 saturated heterocycles. The molecule has 0 spiro atoms. The molecule has 6 nitrogen and oxygen atoms in total. The number of rotatable bonds is 9. The van der Waals surface area contributed by atoms with Crippen molar-refractivity contribution in [3.8, 4) is 0 Å². The lowest BCUT2D eigenvalue weighted by molar-refractivity contribution is -0.133. The van der Waals surface area contributed by atoms with Gasteiger partial charge in [-0.1, -0.05) is 43.3 Å². The second-order valence-electron chi connectivity index (χ2n) is 7.92. The molecule has 7 heteroatoms. The molecule has 1 unspecified atom stereocenters. The van der Waals surface area contributed by atoms with E-state index in [1.165, 1.54) is 11.3 Å². The van der Waals surface area contributed by atoms with Crippen LogP contribution in [-0.2, 0) is 16.0 Å². The van der Waals surface area contributed by atoms with Gasteiger partial charge in [0.2, 0.25) is 11.8 Å². The number of piperidine rings is 1. The van der Waals surface area contributed by atoms with Crippen molar-refractivity contribution in [3.63, 3.8) is 0 Å². The lowest BCUT2D eigenvalue weighted by atomic mass is 9.88. The smallest absolute Gasteiger partial charge is 0.262 e. The van der Waals surface area contributed by atoms with Gasteiger partial charge in [-0.2, -0.15) is 0 Å². The largest absolute Gasteiger partial charge is 0.354 e. The van der Waals surface area contributed by atoms with Crippen LogP contribution in [0, 0.1) is 5.92 Å². The summed E-state index contributed by atoms with van der Waals surface area (Å²) in [6.45, 7) is 3.82. The van der Waals surface area contributed by atoms with Crippen LogP contribution in [0.15, 0.2) is 47.8 Å². The van der Waals surface area contributed by atoms with Gasteiger partial charge in [0.05, 0.1) is 4.88 Å². The monoisotopic (exact) mass is 441 g/mol. The van der Waals surface area contributed by atoms with Crippen molar-refractivity contribution in [1.29, 1.82) is 0 Å². The van der Waals surface area contributed by atoms with Gasteiger partial charge in [0.15, 0.2) is 0 Å². The van der Waals surface area contributed by atoms with Crippen molar-refractivity contribution in [2.45, 2.75) is 45.1 Å². The number of hydrogen-bond acceptors (Lipinski definition) is 4. The molecule has 166 valence electrons. The SMILES string of the molecule is CCCNC(=O)C(NC(=O)c1cccs1)C1CCN(C(=O)CCc2ccccc2)CC1. The molecule has 0 aliphatic carbocycles. The molecule has 0 saturated carbocycles. The summed E-state index contributed by atoms with van der Waals surface area (Å²) < 4.78 is 0. The number of amides is 3. The molecule has 1 aliphatic rings. The van der Waals surface area contributed by atoms with Gasteiger partial charge < -0.3 is 15.5 Å². The van der Waals surface area contributed by atoms with Crippen LogP contribution >= 0.6 is 11.3 Å². The van der Waals surface area contributed by atoms with Crippen LogP contribution in [0.25, 0.3) is 0 Å². The molecule has 3 rings (SSSR count). The molecular weight excluding hydrogens is 410 g/mol. The van der Waals surface area contributed by atoms with Crippen molar-refractivity contribution in [2.75, 3.05) is 19.6 Å². The Morgan fingerprint density at radius 2 is 1.84 bits per heavy atom. The predicted octanol–water partition coefficient (Wildman–Crippen LogP) is 3.24. The van der Waals surface area contributed by atoms with Crippen molar-refractivity contribution in [1.82, 2.24) is 15.5 Å². The summed E-state index contributed by atoms with van der Waals surface area (Å²) in [7, 11) is 0. The third-order valence-corrected chi connectivity index (χ3v) is 6.57. The molecule has 1 aliphatic heterocycles. The number of nitrogens with zero attached hydrogens (tertiary/aromatic N) is 1. The van der Waals surface area contributed by atoms with E-state index in [0.29, 0.717) is 43.8 Å². The van der Waals surface area contributed by atoms with Crippen molar-refractivity contribution in [3.05, 3.63) is 58.3 Å². The van der Waals surface area contributed by atoms with E-state index in [1.807, 2.05) is 53.6 Å². The molecular formula is C24H31N3O3S. The summed E-state index contributed by atoms with van der Waals surface area (Å²) in [5, 5.41) is 7.71. The fourth-order valence-electron chi connectivity index (χ4n) is 3.91. The standard InChI is InChI=1S/C24H31N3O3S/c1-2-14-25-24(30)22(26-23(29)20-9-6-17-31-20)19-12-15-27(16-13-19)21(28)11-10-18-7-4-3-5-8-18/h3-9,17,19,22H,2,10-16H2,1H3,(H,25,30)(H,26,29). The minimum absolute atomic E-state index is 0.0129. The Morgan fingerprint density at radius 1 is 1.10 bits per heavy atom. The van der Waals surface area contributed by atoms with Gasteiger partial charge in [0.1, 0.15) is 6.04 Å². The fourth-order valence-corrected chi connectivity index (χ4v) is 4.54. The lowest BCUT2D eigenvalue weighted by Gasteiger charge is -2.36. The van der Waals surface area contributed by atoms with Crippen LogP contribution < -0.4 is 10.6 Å². The minimum atomic E-state index is -0.581. The number of carbonyl (C=O) groups is 3. The molecule has 0 radical (unpaired) electrons. The first kappa shape index (κ1) is 23.0. The maximum atomic E-state index is 12.8. The maximum Gasteiger partial charge on any atom is 0.262 e. The van der Waals surface area contributed by atoms with Gasteiger partial charge in [-0.3, -0.25) is 14.4 Å². The third kappa shape index (κ3) is 6.66. The first-order chi connectivity index (χ1) is 15.1. The quantitative estimate of drug-likeness (QED) is 0.627. The molecule has 31 heavy (non-hydrogen) atoms. The molecule has 1 atom stereocenters. The summed E-state index contributed by atoms with van der Waals surface area (Å²) >= 11 is 1.36. The Morgan fingerprint density at radius 3 is 2.48 bits per heavy atom. The zero-order valence-electron chi connectivity index (χ0n) is 18.0. The number of benzene rings is 1. The predicted molar refractivity (Wildman–Crippen MR) is 123 cm³/mol. The number of hydrogen-bond donors (Lipinski definition) is 2. The summed E-state index contributed by atoms with van der Waals surface area (Å²) in [4.78, 5) is 40.5. The highest BCUT2D eigenvalue weighted by molar-refractivity contribution is 7.12. The average Bonchev–Trinajstić information content (AvgIpc) is 3.35. The van der Waals surface area contributed by atoms with Crippen LogP contribution in [0.1, 0.15) is 47.8 Å². The Hall–Kier alpha value is -2.67. The van der Waals surface area contributed by atoms with Crippen LogP contribution in [-0.4, -0.2) is 48.3 Å². The highest BCUT2D eigenvalue weighted by Crippen LogP contribution is 2.23. The molecule has 2 heterocycles. The lowest BCUT2D eigenvalue weighted by Crippen LogP contribution is -2.53. The highest BCUT2D eigenvalue weighted by atomic mass is 32.1. The van der Waals surface area contributed by atoms with Gasteiger partial charge in [0.25, 0.3) is 5.91 Å². The van der Waals surface area contributed by atoms with E-state index in [9.17, 15) is 14.4 Å². The molecule has 1 fully saturated rings. The Balaban J connectivity index is 1.55. The Labute approximate surface area is 188 Å². The fraction of sp³-hybridized carbons (Fsp3) is 0.458. The molecule has 2 N–H and O–H groups in total. The van der Waals surface area contributed by atoms with Gasteiger partial charge >= 0.3 is 0 Å². The van der Waals surface area contributed by atoms with E-state index in [2.05, 4.69) is 10.6 Å². The summed E-state index contributed by atoms with van der Waals surface area (Å²) in [5.41, 5.74) is 1.16. The number of carbonyl (C=O) groups excluding carboxylic acids is 3. The van der Waals surface area contributed by atoms with Crippen LogP contribution in [0.3, 0.4) is 0 Å². The zero-order chi connectivity index (χ0) is 22.1. The van der Waals surface area contributed by atoms with Gasteiger partial charge in [0, 0.05) is 26.1 Å². The average molecular weight is 442 g/mol. The van der Waals surface area contributed by atoms with E-state index < -0.39 is 6.04 Å². The molecule has 1 aromatic heterocycles. The zero-order valence-corrected chi connectivity index (χ0v) is 18.8. The molecule has 0 bridgehead atoms. The van der Waals surface area contributed by atoms with Crippen LogP contribution in [0.5, 0.6) is 0 Å². The van der Waals surface area contributed by atoms with Crippen molar-refractivity contribution >= 4 is 29.1 Å². The Kier molecular flexibility index (Phi) is 8.64. The van der Waals surface area contributed by atoms with Gasteiger partial charge in [-0.15, -0.1) is 11.3 Å². The minimum Gasteiger partial charge on any atom is -0.354 e. The number of likely N-dealkylation sites (tertiary alicyclic amines) is 1.